The van der Waals surface area contributed by atoms with E-state index in [0.29, 0.717) is 5.02 Å². The van der Waals surface area contributed by atoms with E-state index in [0.717, 1.165) is 11.3 Å². The fraction of sp³-hybridized carbons (Fsp3) is 0.214. The Morgan fingerprint density at radius 1 is 1.28 bits per heavy atom. The van der Waals surface area contributed by atoms with Gasteiger partial charge < -0.3 is 9.73 Å². The second kappa shape index (κ2) is 6.87. The van der Waals surface area contributed by atoms with Crippen molar-refractivity contribution in [3.63, 3.8) is 0 Å². The average Bonchev–Trinajstić information content (AvgIpc) is 2.89. The molecule has 0 fully saturated rings. The van der Waals surface area contributed by atoms with E-state index in [-0.39, 0.29) is 11.7 Å². The van der Waals surface area contributed by atoms with Crippen LogP contribution in [0.1, 0.15) is 30.0 Å². The first kappa shape index (κ1) is 14.3. The molecule has 1 heterocycles. The molecule has 0 aliphatic heterocycles. The van der Waals surface area contributed by atoms with E-state index in [1.807, 2.05) is 20.8 Å². The van der Waals surface area contributed by atoms with Crippen LogP contribution < -0.4 is 5.32 Å². The SMILES string of the molecule is CC.Cc1cc(Cl)ccc1NC(=O)c1ccco1. The van der Waals surface area contributed by atoms with Crippen LogP contribution in [0.3, 0.4) is 0 Å². The Morgan fingerprint density at radius 2 is 2.00 bits per heavy atom. The molecule has 0 unspecified atom stereocenters. The number of rotatable bonds is 2. The number of hydrogen-bond donors (Lipinski definition) is 1. The van der Waals surface area contributed by atoms with Gasteiger partial charge in [-0.3, -0.25) is 4.79 Å². The molecule has 2 rings (SSSR count). The monoisotopic (exact) mass is 265 g/mol. The van der Waals surface area contributed by atoms with Gasteiger partial charge >= 0.3 is 0 Å². The van der Waals surface area contributed by atoms with Gasteiger partial charge in [-0.15, -0.1) is 0 Å². The predicted molar refractivity (Wildman–Crippen MR) is 74.2 cm³/mol. The molecule has 0 aliphatic carbocycles. The number of amides is 1. The maximum Gasteiger partial charge on any atom is 0.291 e. The van der Waals surface area contributed by atoms with Crippen molar-refractivity contribution in [1.29, 1.82) is 0 Å². The third-order valence-corrected chi connectivity index (χ3v) is 2.42. The maximum absolute atomic E-state index is 11.7. The minimum Gasteiger partial charge on any atom is -0.459 e. The molecule has 3 nitrogen and oxygen atoms in total. The van der Waals surface area contributed by atoms with E-state index in [1.165, 1.54) is 6.26 Å². The lowest BCUT2D eigenvalue weighted by atomic mass is 10.2. The van der Waals surface area contributed by atoms with Gasteiger partial charge in [0.15, 0.2) is 5.76 Å². The van der Waals surface area contributed by atoms with Crippen molar-refractivity contribution >= 4 is 23.2 Å². The number of carbonyl (C=O) groups excluding carboxylic acids is 1. The van der Waals surface area contributed by atoms with Gasteiger partial charge in [0.25, 0.3) is 5.91 Å². The second-order valence-corrected chi connectivity index (χ2v) is 3.83. The summed E-state index contributed by atoms with van der Waals surface area (Å²) in [6, 6.07) is 8.56. The third kappa shape index (κ3) is 3.64. The van der Waals surface area contributed by atoms with E-state index in [4.69, 9.17) is 16.0 Å². The van der Waals surface area contributed by atoms with Crippen molar-refractivity contribution in [2.45, 2.75) is 20.8 Å². The minimum absolute atomic E-state index is 0.268. The molecule has 0 atom stereocenters. The van der Waals surface area contributed by atoms with Gasteiger partial charge in [-0.1, -0.05) is 25.4 Å². The van der Waals surface area contributed by atoms with Crippen LogP contribution in [0.4, 0.5) is 5.69 Å². The Balaban J connectivity index is 0.000000771. The lowest BCUT2D eigenvalue weighted by Crippen LogP contribution is -2.11. The predicted octanol–water partition coefficient (Wildman–Crippen LogP) is 4.52. The van der Waals surface area contributed by atoms with Crippen LogP contribution >= 0.6 is 11.6 Å². The molecule has 0 aliphatic rings. The fourth-order valence-electron chi connectivity index (χ4n) is 1.36. The molecule has 0 bridgehead atoms. The molecule has 96 valence electrons. The van der Waals surface area contributed by atoms with Gasteiger partial charge in [0, 0.05) is 10.7 Å². The Morgan fingerprint density at radius 3 is 2.56 bits per heavy atom. The summed E-state index contributed by atoms with van der Waals surface area (Å²) in [6.45, 7) is 5.88. The van der Waals surface area contributed by atoms with Crippen molar-refractivity contribution in [3.8, 4) is 0 Å². The van der Waals surface area contributed by atoms with Crippen molar-refractivity contribution in [1.82, 2.24) is 0 Å². The summed E-state index contributed by atoms with van der Waals surface area (Å²) in [5.41, 5.74) is 1.64. The lowest BCUT2D eigenvalue weighted by Gasteiger charge is -2.06. The summed E-state index contributed by atoms with van der Waals surface area (Å²) in [5, 5.41) is 3.40. The van der Waals surface area contributed by atoms with Crippen molar-refractivity contribution < 1.29 is 9.21 Å². The number of anilines is 1. The highest BCUT2D eigenvalue weighted by atomic mass is 35.5. The Labute approximate surface area is 112 Å². The Kier molecular flexibility index (Phi) is 5.46. The van der Waals surface area contributed by atoms with Gasteiger partial charge in [0.2, 0.25) is 0 Å². The summed E-state index contributed by atoms with van der Waals surface area (Å²) in [5.74, 6) is 0.0183. The average molecular weight is 266 g/mol. The normalized spacial score (nSPS) is 9.33. The molecule has 1 amide bonds. The summed E-state index contributed by atoms with van der Waals surface area (Å²) in [7, 11) is 0. The minimum atomic E-state index is -0.268. The van der Waals surface area contributed by atoms with Gasteiger partial charge in [0.1, 0.15) is 0 Å². The summed E-state index contributed by atoms with van der Waals surface area (Å²) >= 11 is 5.82. The number of aryl methyl sites for hydroxylation is 1. The molecular formula is C14H16ClNO2. The quantitative estimate of drug-likeness (QED) is 0.867. The van der Waals surface area contributed by atoms with Gasteiger partial charge in [-0.05, 0) is 42.8 Å². The molecule has 2 aromatic rings. The number of furan rings is 1. The van der Waals surface area contributed by atoms with E-state index >= 15 is 0 Å². The number of halogens is 1. The van der Waals surface area contributed by atoms with Gasteiger partial charge in [-0.25, -0.2) is 0 Å². The van der Waals surface area contributed by atoms with Crippen LogP contribution in [-0.2, 0) is 0 Å². The smallest absolute Gasteiger partial charge is 0.291 e. The standard InChI is InChI=1S/C12H10ClNO2.C2H6/c1-8-7-9(13)4-5-10(8)14-12(15)11-3-2-6-16-11;1-2/h2-7H,1H3,(H,14,15);1-2H3. The zero-order valence-electron chi connectivity index (χ0n) is 10.7. The van der Waals surface area contributed by atoms with E-state index < -0.39 is 0 Å². The zero-order chi connectivity index (χ0) is 13.5. The Hall–Kier alpha value is -1.74. The third-order valence-electron chi connectivity index (χ3n) is 2.18. The number of hydrogen-bond acceptors (Lipinski definition) is 2. The second-order valence-electron chi connectivity index (χ2n) is 3.39. The first-order valence-corrected chi connectivity index (χ1v) is 6.15. The van der Waals surface area contributed by atoms with Gasteiger partial charge in [0.05, 0.1) is 6.26 Å². The van der Waals surface area contributed by atoms with Gasteiger partial charge in [-0.2, -0.15) is 0 Å². The zero-order valence-corrected chi connectivity index (χ0v) is 11.4. The molecule has 1 N–H and O–H groups in total. The summed E-state index contributed by atoms with van der Waals surface area (Å²) < 4.78 is 4.99. The van der Waals surface area contributed by atoms with Crippen molar-refractivity contribution in [3.05, 3.63) is 52.9 Å². The lowest BCUT2D eigenvalue weighted by molar-refractivity contribution is 0.0996. The highest BCUT2D eigenvalue weighted by Crippen LogP contribution is 2.20. The first-order valence-electron chi connectivity index (χ1n) is 5.78. The molecule has 0 radical (unpaired) electrons. The maximum atomic E-state index is 11.7. The molecule has 1 aromatic carbocycles. The molecule has 0 spiro atoms. The van der Waals surface area contributed by atoms with Crippen LogP contribution in [0.15, 0.2) is 41.0 Å². The molecular weight excluding hydrogens is 250 g/mol. The largest absolute Gasteiger partial charge is 0.459 e. The highest BCUT2D eigenvalue weighted by Gasteiger charge is 2.09. The van der Waals surface area contributed by atoms with Crippen LogP contribution in [0.25, 0.3) is 0 Å². The fourth-order valence-corrected chi connectivity index (χ4v) is 1.59. The van der Waals surface area contributed by atoms with Crippen LogP contribution in [0, 0.1) is 6.92 Å². The molecule has 4 heteroatoms. The van der Waals surface area contributed by atoms with Crippen LogP contribution in [0.2, 0.25) is 5.02 Å². The van der Waals surface area contributed by atoms with Crippen molar-refractivity contribution in [2.75, 3.05) is 5.32 Å². The first-order chi connectivity index (χ1) is 8.66. The van der Waals surface area contributed by atoms with E-state index in [9.17, 15) is 4.79 Å². The molecule has 0 saturated heterocycles. The molecule has 0 saturated carbocycles. The van der Waals surface area contributed by atoms with E-state index in [1.54, 1.807) is 30.3 Å². The molecule has 1 aromatic heterocycles. The summed E-state index contributed by atoms with van der Waals surface area (Å²) in [6.07, 6.45) is 1.46. The number of nitrogens with one attached hydrogen (secondary N) is 1. The topological polar surface area (TPSA) is 42.2 Å². The van der Waals surface area contributed by atoms with Crippen molar-refractivity contribution in [2.24, 2.45) is 0 Å². The Bertz CT molecular complexity index is 507. The highest BCUT2D eigenvalue weighted by molar-refractivity contribution is 6.30. The van der Waals surface area contributed by atoms with Crippen LogP contribution in [0.5, 0.6) is 0 Å². The number of benzene rings is 1. The van der Waals surface area contributed by atoms with E-state index in [2.05, 4.69) is 5.32 Å². The summed E-state index contributed by atoms with van der Waals surface area (Å²) in [4.78, 5) is 11.7. The molecule has 18 heavy (non-hydrogen) atoms. The van der Waals surface area contributed by atoms with Crippen LogP contribution in [-0.4, -0.2) is 5.91 Å². The number of carbonyl (C=O) groups is 1.